The average Bonchev–Trinajstić information content (AvgIpc) is 2.27. The van der Waals surface area contributed by atoms with Crippen LogP contribution < -0.4 is 5.11 Å². The molecule has 5 nitrogen and oxygen atoms in total. The van der Waals surface area contributed by atoms with E-state index in [9.17, 15) is 14.7 Å². The van der Waals surface area contributed by atoms with Crippen LogP contribution in [0.3, 0.4) is 0 Å². The van der Waals surface area contributed by atoms with Gasteiger partial charge in [-0.3, -0.25) is 4.79 Å². The molecule has 0 saturated heterocycles. The quantitative estimate of drug-likeness (QED) is 0.368. The topological polar surface area (TPSA) is 75.7 Å². The van der Waals surface area contributed by atoms with Crippen molar-refractivity contribution in [3.05, 3.63) is 11.8 Å². The number of ether oxygens (including phenoxy) is 2. The van der Waals surface area contributed by atoms with Crippen LogP contribution in [0.15, 0.2) is 11.8 Å². The first-order valence-electron chi connectivity index (χ1n) is 7.16. The smallest absolute Gasteiger partial charge is 0.330 e. The molecule has 0 fully saturated rings. The zero-order valence-corrected chi connectivity index (χ0v) is 12.8. The molecule has 0 rings (SSSR count). The Hall–Kier alpha value is -1.52. The lowest BCUT2D eigenvalue weighted by atomic mass is 10.2. The lowest BCUT2D eigenvalue weighted by Crippen LogP contribution is -2.20. The Morgan fingerprint density at radius 2 is 1.55 bits per heavy atom. The summed E-state index contributed by atoms with van der Waals surface area (Å²) in [4.78, 5) is 22.8. The van der Waals surface area contributed by atoms with Gasteiger partial charge in [-0.25, -0.2) is 4.79 Å². The summed E-state index contributed by atoms with van der Waals surface area (Å²) in [5.41, 5.74) is 0. The molecule has 0 aromatic carbocycles. The van der Waals surface area contributed by atoms with Crippen molar-refractivity contribution in [1.82, 2.24) is 0 Å². The van der Waals surface area contributed by atoms with Gasteiger partial charge in [0.2, 0.25) is 0 Å². The lowest BCUT2D eigenvalue weighted by Gasteiger charge is -2.16. The molecule has 0 aromatic heterocycles. The van der Waals surface area contributed by atoms with Crippen molar-refractivity contribution < 1.29 is 24.2 Å². The second-order valence-electron chi connectivity index (χ2n) is 4.91. The number of esters is 2. The number of hydrogen-bond donors (Lipinski definition) is 0. The molecular weight excluding hydrogens is 260 g/mol. The number of rotatable bonds is 9. The molecule has 0 radical (unpaired) electrons. The predicted octanol–water partition coefficient (Wildman–Crippen LogP) is 2.08. The fourth-order valence-corrected chi connectivity index (χ4v) is 1.75. The fraction of sp³-hybridized carbons (Fsp3) is 0.733. The first kappa shape index (κ1) is 18.5. The third-order valence-electron chi connectivity index (χ3n) is 2.64. The Kier molecular flexibility index (Phi) is 9.51. The molecular formula is C15H25O5-. The van der Waals surface area contributed by atoms with Gasteiger partial charge in [0.25, 0.3) is 0 Å². The molecule has 0 bridgehead atoms. The maximum absolute atomic E-state index is 11.5. The van der Waals surface area contributed by atoms with Crippen LogP contribution in [0.5, 0.6) is 0 Å². The SMILES string of the molecule is CCCC(C)OC(=O)/C=C(\[O-])CC(=O)OC(C)CCC. The molecule has 20 heavy (non-hydrogen) atoms. The third-order valence-corrected chi connectivity index (χ3v) is 2.64. The Balaban J connectivity index is 4.17. The van der Waals surface area contributed by atoms with E-state index in [-0.39, 0.29) is 12.2 Å². The molecule has 0 aliphatic rings. The van der Waals surface area contributed by atoms with Crippen molar-refractivity contribution in [2.24, 2.45) is 0 Å². The molecule has 0 aromatic rings. The van der Waals surface area contributed by atoms with Gasteiger partial charge in [-0.05, 0) is 26.7 Å². The zero-order chi connectivity index (χ0) is 15.5. The molecule has 0 heterocycles. The van der Waals surface area contributed by atoms with Crippen LogP contribution in [0.2, 0.25) is 0 Å². The van der Waals surface area contributed by atoms with Gasteiger partial charge in [0, 0.05) is 6.08 Å². The van der Waals surface area contributed by atoms with Gasteiger partial charge in [0.15, 0.2) is 0 Å². The van der Waals surface area contributed by atoms with E-state index in [4.69, 9.17) is 9.47 Å². The monoisotopic (exact) mass is 285 g/mol. The average molecular weight is 285 g/mol. The van der Waals surface area contributed by atoms with Crippen molar-refractivity contribution in [1.29, 1.82) is 0 Å². The van der Waals surface area contributed by atoms with Gasteiger partial charge in [0.05, 0.1) is 18.6 Å². The first-order chi connectivity index (χ1) is 9.38. The van der Waals surface area contributed by atoms with Crippen molar-refractivity contribution in [2.75, 3.05) is 0 Å². The summed E-state index contributed by atoms with van der Waals surface area (Å²) in [6.07, 6.45) is 3.23. The second kappa shape index (κ2) is 10.3. The lowest BCUT2D eigenvalue weighted by molar-refractivity contribution is -0.306. The summed E-state index contributed by atoms with van der Waals surface area (Å²) in [5.74, 6) is -1.90. The highest BCUT2D eigenvalue weighted by atomic mass is 16.5. The molecule has 5 heteroatoms. The summed E-state index contributed by atoms with van der Waals surface area (Å²) in [7, 11) is 0. The minimum atomic E-state index is -0.703. The number of hydrogen-bond acceptors (Lipinski definition) is 5. The molecule has 0 amide bonds. The second-order valence-corrected chi connectivity index (χ2v) is 4.91. The van der Waals surface area contributed by atoms with Crippen LogP contribution in [0.1, 0.15) is 59.8 Å². The first-order valence-corrected chi connectivity index (χ1v) is 7.16. The fourth-order valence-electron chi connectivity index (χ4n) is 1.75. The van der Waals surface area contributed by atoms with E-state index in [1.807, 2.05) is 13.8 Å². The van der Waals surface area contributed by atoms with E-state index in [1.165, 1.54) is 0 Å². The summed E-state index contributed by atoms with van der Waals surface area (Å²) in [6, 6.07) is 0. The van der Waals surface area contributed by atoms with Crippen LogP contribution >= 0.6 is 0 Å². The maximum Gasteiger partial charge on any atom is 0.330 e. The Morgan fingerprint density at radius 3 is 2.05 bits per heavy atom. The largest absolute Gasteiger partial charge is 0.875 e. The van der Waals surface area contributed by atoms with Crippen molar-refractivity contribution in [3.63, 3.8) is 0 Å². The maximum atomic E-state index is 11.5. The van der Waals surface area contributed by atoms with E-state index in [0.717, 1.165) is 31.8 Å². The summed E-state index contributed by atoms with van der Waals surface area (Å²) in [5, 5.41) is 11.5. The van der Waals surface area contributed by atoms with Gasteiger partial charge in [-0.1, -0.05) is 26.7 Å². The third kappa shape index (κ3) is 9.42. The van der Waals surface area contributed by atoms with Gasteiger partial charge in [0.1, 0.15) is 0 Å². The molecule has 0 aliphatic heterocycles. The molecule has 0 saturated carbocycles. The molecule has 0 N–H and O–H groups in total. The van der Waals surface area contributed by atoms with Crippen molar-refractivity contribution in [2.45, 2.75) is 72.0 Å². The predicted molar refractivity (Wildman–Crippen MR) is 73.6 cm³/mol. The molecule has 0 aliphatic carbocycles. The van der Waals surface area contributed by atoms with E-state index in [0.29, 0.717) is 0 Å². The van der Waals surface area contributed by atoms with Crippen LogP contribution in [-0.2, 0) is 19.1 Å². The zero-order valence-electron chi connectivity index (χ0n) is 12.8. The Morgan fingerprint density at radius 1 is 1.05 bits per heavy atom. The van der Waals surface area contributed by atoms with Crippen LogP contribution in [0.4, 0.5) is 0 Å². The van der Waals surface area contributed by atoms with Gasteiger partial charge >= 0.3 is 11.9 Å². The molecule has 2 unspecified atom stereocenters. The van der Waals surface area contributed by atoms with Crippen LogP contribution in [0, 0.1) is 0 Å². The highest BCUT2D eigenvalue weighted by molar-refractivity contribution is 5.84. The summed E-state index contributed by atoms with van der Waals surface area (Å²) in [6.45, 7) is 7.50. The van der Waals surface area contributed by atoms with Gasteiger partial charge < -0.3 is 14.6 Å². The summed E-state index contributed by atoms with van der Waals surface area (Å²) >= 11 is 0. The van der Waals surface area contributed by atoms with Crippen LogP contribution in [-0.4, -0.2) is 24.1 Å². The highest BCUT2D eigenvalue weighted by Gasteiger charge is 2.09. The van der Waals surface area contributed by atoms with E-state index in [2.05, 4.69) is 0 Å². The minimum absolute atomic E-state index is 0.211. The summed E-state index contributed by atoms with van der Waals surface area (Å²) < 4.78 is 10.0. The normalized spacial score (nSPS) is 14.5. The number of carbonyl (C=O) groups is 2. The minimum Gasteiger partial charge on any atom is -0.875 e. The van der Waals surface area contributed by atoms with Crippen molar-refractivity contribution >= 4 is 11.9 Å². The van der Waals surface area contributed by atoms with E-state index < -0.39 is 24.1 Å². The standard InChI is InChI=1S/C15H26O5/c1-5-7-11(3)19-14(17)9-13(16)10-15(18)20-12(4)8-6-2/h9,11-12,16H,5-8,10H2,1-4H3/p-1/b13-9-. The number of carbonyl (C=O) groups excluding carboxylic acids is 2. The molecule has 2 atom stereocenters. The highest BCUT2D eigenvalue weighted by Crippen LogP contribution is 2.06. The van der Waals surface area contributed by atoms with Crippen LogP contribution in [0.25, 0.3) is 0 Å². The molecule has 0 spiro atoms. The Labute approximate surface area is 121 Å². The van der Waals surface area contributed by atoms with E-state index >= 15 is 0 Å². The Bertz CT molecular complexity index is 335. The molecule has 116 valence electrons. The van der Waals surface area contributed by atoms with Gasteiger partial charge in [-0.15, -0.1) is 5.76 Å². The van der Waals surface area contributed by atoms with Gasteiger partial charge in [-0.2, -0.15) is 0 Å². The van der Waals surface area contributed by atoms with Crippen molar-refractivity contribution in [3.8, 4) is 0 Å². The van der Waals surface area contributed by atoms with E-state index in [1.54, 1.807) is 13.8 Å².